The van der Waals surface area contributed by atoms with Crippen LogP contribution in [-0.4, -0.2) is 93.2 Å². The average Bonchev–Trinajstić information content (AvgIpc) is 3.48. The van der Waals surface area contributed by atoms with Crippen molar-refractivity contribution in [2.45, 2.75) is 49.9 Å². The summed E-state index contributed by atoms with van der Waals surface area (Å²) < 4.78 is 0. The highest BCUT2D eigenvalue weighted by Crippen LogP contribution is 2.08. The lowest BCUT2D eigenvalue weighted by Gasteiger charge is -2.24. The van der Waals surface area contributed by atoms with E-state index in [1.54, 1.807) is 0 Å². The van der Waals surface area contributed by atoms with E-state index in [1.807, 2.05) is 6.26 Å². The number of H-pyrrole nitrogens is 1. The molecule has 12 nitrogen and oxygen atoms in total. The Labute approximate surface area is 189 Å². The lowest BCUT2D eigenvalue weighted by molar-refractivity contribution is -0.143. The summed E-state index contributed by atoms with van der Waals surface area (Å²) in [7, 11) is 0. The molecule has 2 rings (SSSR count). The maximum Gasteiger partial charge on any atom is 0.328 e. The first-order chi connectivity index (χ1) is 15.3. The quantitative estimate of drug-likeness (QED) is 0.171. The van der Waals surface area contributed by atoms with Crippen molar-refractivity contribution in [3.05, 3.63) is 18.2 Å². The minimum Gasteiger partial charge on any atom is -0.480 e. The topological polar surface area (TPSA) is 186 Å². The van der Waals surface area contributed by atoms with Gasteiger partial charge < -0.3 is 36.5 Å². The van der Waals surface area contributed by atoms with Gasteiger partial charge in [-0.25, -0.2) is 9.78 Å². The van der Waals surface area contributed by atoms with Crippen LogP contribution in [0, 0.1) is 0 Å². The van der Waals surface area contributed by atoms with Gasteiger partial charge in [0.05, 0.1) is 19.0 Å². The summed E-state index contributed by atoms with van der Waals surface area (Å²) in [6, 6.07) is -3.87. The zero-order valence-corrected chi connectivity index (χ0v) is 18.6. The third-order valence-electron chi connectivity index (χ3n) is 5.03. The van der Waals surface area contributed by atoms with Crippen LogP contribution in [0.4, 0.5) is 0 Å². The Balaban J connectivity index is 2.11. The molecule has 32 heavy (non-hydrogen) atoms. The van der Waals surface area contributed by atoms with Crippen molar-refractivity contribution in [1.29, 1.82) is 0 Å². The van der Waals surface area contributed by atoms with Crippen LogP contribution < -0.4 is 21.3 Å². The van der Waals surface area contributed by atoms with E-state index < -0.39 is 42.5 Å². The van der Waals surface area contributed by atoms with Crippen LogP contribution in [0.3, 0.4) is 0 Å². The number of aliphatic hydroxyl groups excluding tert-OH is 1. The number of carboxylic acids is 1. The van der Waals surface area contributed by atoms with Gasteiger partial charge in [-0.3, -0.25) is 14.4 Å². The summed E-state index contributed by atoms with van der Waals surface area (Å²) in [5, 5.41) is 29.0. The highest BCUT2D eigenvalue weighted by molar-refractivity contribution is 7.98. The smallest absolute Gasteiger partial charge is 0.328 e. The van der Waals surface area contributed by atoms with Crippen molar-refractivity contribution in [3.8, 4) is 0 Å². The van der Waals surface area contributed by atoms with Crippen LogP contribution >= 0.6 is 11.8 Å². The van der Waals surface area contributed by atoms with Crippen molar-refractivity contribution in [1.82, 2.24) is 31.2 Å². The van der Waals surface area contributed by atoms with Crippen LogP contribution in [0.25, 0.3) is 0 Å². The SMILES string of the molecule is CSCCC(NC(=O)C1CCCN1)C(=O)NC(Cc1cnc[nH]1)C(=O)NC(CO)C(=O)O. The highest BCUT2D eigenvalue weighted by atomic mass is 32.2. The first-order valence-electron chi connectivity index (χ1n) is 10.3. The number of carbonyl (C=O) groups is 4. The molecule has 0 aliphatic carbocycles. The van der Waals surface area contributed by atoms with E-state index in [2.05, 4.69) is 31.2 Å². The molecule has 0 saturated carbocycles. The summed E-state index contributed by atoms with van der Waals surface area (Å²) in [5.41, 5.74) is 0.543. The first kappa shape index (κ1) is 25.6. The molecule has 3 amide bonds. The van der Waals surface area contributed by atoms with E-state index in [4.69, 9.17) is 5.11 Å². The third-order valence-corrected chi connectivity index (χ3v) is 5.67. The summed E-state index contributed by atoms with van der Waals surface area (Å²) >= 11 is 1.52. The van der Waals surface area contributed by atoms with E-state index in [9.17, 15) is 24.3 Å². The predicted octanol–water partition coefficient (Wildman–Crippen LogP) is -2.01. The van der Waals surface area contributed by atoms with E-state index in [-0.39, 0.29) is 18.4 Å². The number of hydrogen-bond acceptors (Lipinski definition) is 8. The van der Waals surface area contributed by atoms with Crippen molar-refractivity contribution in [2.24, 2.45) is 0 Å². The van der Waals surface area contributed by atoms with Gasteiger partial charge >= 0.3 is 5.97 Å². The van der Waals surface area contributed by atoms with Crippen LogP contribution in [0.1, 0.15) is 25.0 Å². The zero-order chi connectivity index (χ0) is 23.5. The van der Waals surface area contributed by atoms with Gasteiger partial charge in [0, 0.05) is 18.3 Å². The van der Waals surface area contributed by atoms with E-state index in [1.165, 1.54) is 24.3 Å². The molecule has 0 spiro atoms. The van der Waals surface area contributed by atoms with Crippen LogP contribution in [0.2, 0.25) is 0 Å². The Morgan fingerprint density at radius 3 is 2.47 bits per heavy atom. The number of hydrogen-bond donors (Lipinski definition) is 7. The fourth-order valence-electron chi connectivity index (χ4n) is 3.24. The Kier molecular flexibility index (Phi) is 10.4. The molecular weight excluding hydrogens is 440 g/mol. The van der Waals surface area contributed by atoms with Crippen LogP contribution in [-0.2, 0) is 25.6 Å². The lowest BCUT2D eigenvalue weighted by atomic mass is 10.1. The molecule has 7 N–H and O–H groups in total. The molecule has 1 aliphatic heterocycles. The fraction of sp³-hybridized carbons (Fsp3) is 0.632. The van der Waals surface area contributed by atoms with E-state index in [0.717, 1.165) is 13.0 Å². The summed E-state index contributed by atoms with van der Waals surface area (Å²) in [6.45, 7) is -0.0611. The summed E-state index contributed by atoms with van der Waals surface area (Å²) in [6.07, 6.45) is 6.71. The van der Waals surface area contributed by atoms with Gasteiger partial charge in [-0.2, -0.15) is 11.8 Å². The highest BCUT2D eigenvalue weighted by Gasteiger charge is 2.31. The molecule has 1 fully saturated rings. The number of thioether (sulfide) groups is 1. The standard InChI is InChI=1S/C19H30N6O6S/c1-32-6-4-13(23-16(27)12-3-2-5-21-12)17(28)24-14(7-11-8-20-10-22-11)18(29)25-15(9-26)19(30)31/h8,10,12-15,21,26H,2-7,9H2,1H3,(H,20,22)(H,23,27)(H,24,28)(H,25,29)(H,30,31). The number of rotatable bonds is 13. The normalized spacial score (nSPS) is 18.4. The monoisotopic (exact) mass is 470 g/mol. The molecule has 1 aromatic heterocycles. The second-order valence-corrected chi connectivity index (χ2v) is 8.40. The van der Waals surface area contributed by atoms with Crippen molar-refractivity contribution >= 4 is 35.5 Å². The molecule has 1 saturated heterocycles. The molecule has 1 aliphatic rings. The molecule has 1 aromatic rings. The number of nitrogens with zero attached hydrogens (tertiary/aromatic N) is 1. The number of carbonyl (C=O) groups excluding carboxylic acids is 3. The first-order valence-corrected chi connectivity index (χ1v) is 11.7. The Morgan fingerprint density at radius 2 is 1.91 bits per heavy atom. The number of aromatic nitrogens is 2. The Hall–Kier alpha value is -2.64. The van der Waals surface area contributed by atoms with Crippen LogP contribution in [0.15, 0.2) is 12.5 Å². The van der Waals surface area contributed by atoms with Crippen molar-refractivity contribution in [2.75, 3.05) is 25.2 Å². The number of carboxylic acid groups (broad SMARTS) is 1. The predicted molar refractivity (Wildman–Crippen MR) is 117 cm³/mol. The molecule has 13 heteroatoms. The minimum absolute atomic E-state index is 0.0166. The van der Waals surface area contributed by atoms with Crippen LogP contribution in [0.5, 0.6) is 0 Å². The van der Waals surface area contributed by atoms with E-state index in [0.29, 0.717) is 24.3 Å². The number of aliphatic hydroxyl groups is 1. The maximum atomic E-state index is 13.0. The number of amides is 3. The summed E-state index contributed by atoms with van der Waals surface area (Å²) in [4.78, 5) is 56.1. The lowest BCUT2D eigenvalue weighted by Crippen LogP contribution is -2.58. The second-order valence-electron chi connectivity index (χ2n) is 7.42. The largest absolute Gasteiger partial charge is 0.480 e. The van der Waals surface area contributed by atoms with Gasteiger partial charge in [-0.05, 0) is 37.8 Å². The second kappa shape index (κ2) is 13.0. The zero-order valence-electron chi connectivity index (χ0n) is 17.8. The molecule has 2 heterocycles. The number of nitrogens with one attached hydrogen (secondary N) is 5. The van der Waals surface area contributed by atoms with Gasteiger partial charge in [0.2, 0.25) is 17.7 Å². The van der Waals surface area contributed by atoms with Crippen molar-refractivity contribution < 1.29 is 29.4 Å². The van der Waals surface area contributed by atoms with Gasteiger partial charge in [0.25, 0.3) is 0 Å². The van der Waals surface area contributed by atoms with Gasteiger partial charge in [-0.1, -0.05) is 0 Å². The van der Waals surface area contributed by atoms with E-state index >= 15 is 0 Å². The molecule has 0 aromatic carbocycles. The number of aromatic amines is 1. The third kappa shape index (κ3) is 7.80. The maximum absolute atomic E-state index is 13.0. The van der Waals surface area contributed by atoms with Gasteiger partial charge in [-0.15, -0.1) is 0 Å². The summed E-state index contributed by atoms with van der Waals surface area (Å²) in [5.74, 6) is -2.40. The molecule has 178 valence electrons. The fourth-order valence-corrected chi connectivity index (χ4v) is 3.71. The molecule has 0 bridgehead atoms. The Morgan fingerprint density at radius 1 is 1.19 bits per heavy atom. The number of aliphatic carboxylic acids is 1. The van der Waals surface area contributed by atoms with Gasteiger partial charge in [0.15, 0.2) is 0 Å². The number of imidazole rings is 1. The molecule has 4 atom stereocenters. The average molecular weight is 471 g/mol. The molecular formula is C19H30N6O6S. The van der Waals surface area contributed by atoms with Crippen molar-refractivity contribution in [3.63, 3.8) is 0 Å². The Bertz CT molecular complexity index is 770. The molecule has 0 radical (unpaired) electrons. The minimum atomic E-state index is -1.51. The van der Waals surface area contributed by atoms with Gasteiger partial charge in [0.1, 0.15) is 18.1 Å². The molecule has 4 unspecified atom stereocenters.